The van der Waals surface area contributed by atoms with Gasteiger partial charge in [-0.2, -0.15) is 0 Å². The van der Waals surface area contributed by atoms with E-state index in [1.54, 1.807) is 37.3 Å². The fourth-order valence-electron chi connectivity index (χ4n) is 2.57. The fourth-order valence-corrected chi connectivity index (χ4v) is 3.84. The molecule has 0 heterocycles. The summed E-state index contributed by atoms with van der Waals surface area (Å²) in [7, 11) is -2.42. The van der Waals surface area contributed by atoms with Crippen molar-refractivity contribution >= 4 is 15.9 Å². The van der Waals surface area contributed by atoms with Gasteiger partial charge in [0.1, 0.15) is 16.5 Å². The number of benzene rings is 2. The quantitative estimate of drug-likeness (QED) is 0.746. The van der Waals surface area contributed by atoms with Crippen LogP contribution in [-0.4, -0.2) is 39.4 Å². The monoisotopic (exact) mass is 394 g/mol. The molecule has 0 aliphatic carbocycles. The van der Waals surface area contributed by atoms with Crippen molar-refractivity contribution in [1.29, 1.82) is 0 Å². The average Bonchev–Trinajstić information content (AvgIpc) is 2.62. The highest BCUT2D eigenvalue weighted by Crippen LogP contribution is 2.24. The zero-order valence-corrected chi connectivity index (χ0v) is 16.3. The van der Waals surface area contributed by atoms with E-state index in [9.17, 15) is 17.6 Å². The molecule has 146 valence electrons. The normalized spacial score (nSPS) is 11.3. The molecule has 8 heteroatoms. The Morgan fingerprint density at radius 1 is 1.22 bits per heavy atom. The number of amides is 1. The van der Waals surface area contributed by atoms with Gasteiger partial charge in [-0.1, -0.05) is 24.3 Å². The summed E-state index contributed by atoms with van der Waals surface area (Å²) in [6.07, 6.45) is 0. The molecule has 6 nitrogen and oxygen atoms in total. The molecule has 0 fully saturated rings. The van der Waals surface area contributed by atoms with Crippen LogP contribution in [0, 0.1) is 12.7 Å². The van der Waals surface area contributed by atoms with Crippen LogP contribution < -0.4 is 9.46 Å². The molecule has 2 aromatic rings. The van der Waals surface area contributed by atoms with E-state index in [1.807, 2.05) is 0 Å². The van der Waals surface area contributed by atoms with Crippen molar-refractivity contribution in [3.63, 3.8) is 0 Å². The predicted molar refractivity (Wildman–Crippen MR) is 100 cm³/mol. The molecule has 2 aromatic carbocycles. The first-order valence-corrected chi connectivity index (χ1v) is 9.86. The van der Waals surface area contributed by atoms with Gasteiger partial charge in [0.25, 0.3) is 0 Å². The zero-order valence-electron chi connectivity index (χ0n) is 15.5. The van der Waals surface area contributed by atoms with E-state index < -0.39 is 15.8 Å². The number of rotatable bonds is 8. The largest absolute Gasteiger partial charge is 0.495 e. The Hall–Kier alpha value is -2.45. The lowest BCUT2D eigenvalue weighted by molar-refractivity contribution is -0.129. The minimum Gasteiger partial charge on any atom is -0.495 e. The van der Waals surface area contributed by atoms with Gasteiger partial charge in [-0.25, -0.2) is 17.5 Å². The number of nitrogens with one attached hydrogen (secondary N) is 1. The zero-order chi connectivity index (χ0) is 20.0. The highest BCUT2D eigenvalue weighted by atomic mass is 32.2. The Labute approximate surface area is 159 Å². The van der Waals surface area contributed by atoms with E-state index in [-0.39, 0.29) is 36.2 Å². The smallest absolute Gasteiger partial charge is 0.244 e. The Morgan fingerprint density at radius 2 is 1.93 bits per heavy atom. The molecule has 0 bridgehead atoms. The van der Waals surface area contributed by atoms with E-state index in [1.165, 1.54) is 31.1 Å². The fraction of sp³-hybridized carbons (Fsp3) is 0.316. The van der Waals surface area contributed by atoms with Gasteiger partial charge in [0, 0.05) is 32.1 Å². The molecule has 1 amide bonds. The number of hydrogen-bond acceptors (Lipinski definition) is 4. The summed E-state index contributed by atoms with van der Waals surface area (Å²) < 4.78 is 46.5. The molecule has 0 unspecified atom stereocenters. The van der Waals surface area contributed by atoms with E-state index in [0.717, 1.165) is 5.56 Å². The molecule has 27 heavy (non-hydrogen) atoms. The standard InChI is InChI=1S/C19H23FN2O4S/c1-14-8-9-18(26-3)19(12-14)27(24,25)21-10-11-22(15(2)23)13-16-6-4-5-7-17(16)20/h4-9,12,21H,10-11,13H2,1-3H3. The molecule has 2 rings (SSSR count). The van der Waals surface area contributed by atoms with E-state index in [2.05, 4.69) is 4.72 Å². The number of sulfonamides is 1. The minimum absolute atomic E-state index is 0.00649. The van der Waals surface area contributed by atoms with Crippen LogP contribution in [-0.2, 0) is 21.4 Å². The van der Waals surface area contributed by atoms with Crippen LogP contribution in [0.4, 0.5) is 4.39 Å². The molecule has 0 aliphatic heterocycles. The van der Waals surface area contributed by atoms with Gasteiger partial charge in [-0.15, -0.1) is 0 Å². The molecule has 0 spiro atoms. The molecule has 0 saturated carbocycles. The lowest BCUT2D eigenvalue weighted by atomic mass is 10.2. The Balaban J connectivity index is 2.07. The van der Waals surface area contributed by atoms with Crippen molar-refractivity contribution in [3.05, 3.63) is 59.4 Å². The van der Waals surface area contributed by atoms with Gasteiger partial charge in [0.05, 0.1) is 7.11 Å². The molecule has 0 saturated heterocycles. The van der Waals surface area contributed by atoms with E-state index in [0.29, 0.717) is 5.56 Å². The Morgan fingerprint density at radius 3 is 2.56 bits per heavy atom. The predicted octanol–water partition coefficient (Wildman–Crippen LogP) is 2.47. The summed E-state index contributed by atoms with van der Waals surface area (Å²) in [6.45, 7) is 3.31. The maximum atomic E-state index is 13.8. The number of carbonyl (C=O) groups is 1. The lowest BCUT2D eigenvalue weighted by Crippen LogP contribution is -2.37. The maximum Gasteiger partial charge on any atom is 0.244 e. The highest BCUT2D eigenvalue weighted by Gasteiger charge is 2.20. The molecule has 0 atom stereocenters. The second-order valence-corrected chi connectivity index (χ2v) is 7.82. The first-order chi connectivity index (χ1) is 12.7. The van der Waals surface area contributed by atoms with Crippen LogP contribution in [0.5, 0.6) is 5.75 Å². The molecule has 1 N–H and O–H groups in total. The second-order valence-electron chi connectivity index (χ2n) is 6.08. The van der Waals surface area contributed by atoms with Gasteiger partial charge >= 0.3 is 0 Å². The van der Waals surface area contributed by atoms with E-state index in [4.69, 9.17) is 4.74 Å². The maximum absolute atomic E-state index is 13.8. The number of halogens is 1. The summed E-state index contributed by atoms with van der Waals surface area (Å²) in [6, 6.07) is 11.0. The van der Waals surface area contributed by atoms with E-state index >= 15 is 0 Å². The van der Waals surface area contributed by atoms with Gasteiger partial charge in [-0.3, -0.25) is 4.79 Å². The molecule has 0 aromatic heterocycles. The van der Waals surface area contributed by atoms with Gasteiger partial charge in [0.15, 0.2) is 0 Å². The average molecular weight is 394 g/mol. The Kier molecular flexibility index (Phi) is 6.92. The van der Waals surface area contributed by atoms with Crippen molar-refractivity contribution in [3.8, 4) is 5.75 Å². The highest BCUT2D eigenvalue weighted by molar-refractivity contribution is 7.89. The van der Waals surface area contributed by atoms with Crippen LogP contribution in [0.2, 0.25) is 0 Å². The second kappa shape index (κ2) is 8.96. The number of hydrogen-bond donors (Lipinski definition) is 1. The van der Waals surface area contributed by atoms with Crippen LogP contribution >= 0.6 is 0 Å². The molecular weight excluding hydrogens is 371 g/mol. The van der Waals surface area contributed by atoms with Crippen LogP contribution in [0.15, 0.2) is 47.4 Å². The number of aryl methyl sites for hydroxylation is 1. The van der Waals surface area contributed by atoms with Crippen LogP contribution in [0.3, 0.4) is 0 Å². The van der Waals surface area contributed by atoms with Crippen molar-refractivity contribution in [1.82, 2.24) is 9.62 Å². The Bertz CT molecular complexity index is 916. The summed E-state index contributed by atoms with van der Waals surface area (Å²) in [5.41, 5.74) is 1.15. The van der Waals surface area contributed by atoms with Crippen LogP contribution in [0.25, 0.3) is 0 Å². The minimum atomic E-state index is -3.81. The van der Waals surface area contributed by atoms with Crippen molar-refractivity contribution < 1.29 is 22.3 Å². The number of nitrogens with zero attached hydrogens (tertiary/aromatic N) is 1. The topological polar surface area (TPSA) is 75.7 Å². The van der Waals surface area contributed by atoms with Gasteiger partial charge < -0.3 is 9.64 Å². The SMILES string of the molecule is COc1ccc(C)cc1S(=O)(=O)NCCN(Cc1ccccc1F)C(C)=O. The van der Waals surface area contributed by atoms with Crippen molar-refractivity contribution in [2.24, 2.45) is 0 Å². The number of methoxy groups -OCH3 is 1. The molecular formula is C19H23FN2O4S. The van der Waals surface area contributed by atoms with Crippen molar-refractivity contribution in [2.45, 2.75) is 25.3 Å². The summed E-state index contributed by atoms with van der Waals surface area (Å²) >= 11 is 0. The third kappa shape index (κ3) is 5.51. The first kappa shape index (κ1) is 20.9. The van der Waals surface area contributed by atoms with Crippen LogP contribution in [0.1, 0.15) is 18.1 Å². The third-order valence-corrected chi connectivity index (χ3v) is 5.53. The number of ether oxygens (including phenoxy) is 1. The van der Waals surface area contributed by atoms with Gasteiger partial charge in [0.2, 0.25) is 15.9 Å². The lowest BCUT2D eigenvalue weighted by Gasteiger charge is -2.22. The summed E-state index contributed by atoms with van der Waals surface area (Å²) in [5, 5.41) is 0. The van der Waals surface area contributed by atoms with Gasteiger partial charge in [-0.05, 0) is 30.7 Å². The first-order valence-electron chi connectivity index (χ1n) is 8.38. The van der Waals surface area contributed by atoms with Crippen molar-refractivity contribution in [2.75, 3.05) is 20.2 Å². The number of carbonyl (C=O) groups excluding carboxylic acids is 1. The third-order valence-electron chi connectivity index (χ3n) is 4.05. The summed E-state index contributed by atoms with van der Waals surface area (Å²) in [4.78, 5) is 13.3. The summed E-state index contributed by atoms with van der Waals surface area (Å²) in [5.74, 6) is -0.442. The molecule has 0 radical (unpaired) electrons. The molecule has 0 aliphatic rings.